The fraction of sp³-hybridized carbons (Fsp3) is 0.308. The fourth-order valence-electron chi connectivity index (χ4n) is 4.00. The molecule has 1 aliphatic heterocycles. The molecule has 0 saturated carbocycles. The summed E-state index contributed by atoms with van der Waals surface area (Å²) < 4.78 is 24.6. The van der Waals surface area contributed by atoms with E-state index in [1.165, 1.54) is 4.57 Å². The molecule has 11 nitrogen and oxygen atoms in total. The lowest BCUT2D eigenvalue weighted by atomic mass is 10.2. The molecule has 2 aromatic heterocycles. The second kappa shape index (κ2) is 10.4. The predicted molar refractivity (Wildman–Crippen MR) is 138 cm³/mol. The van der Waals surface area contributed by atoms with Gasteiger partial charge in [0.05, 0.1) is 25.4 Å². The Bertz CT molecular complexity index is 1620. The quantitative estimate of drug-likeness (QED) is 0.381. The Morgan fingerprint density at radius 1 is 1.13 bits per heavy atom. The minimum Gasteiger partial charge on any atom is -0.436 e. The third kappa shape index (κ3) is 5.96. The molecule has 0 bridgehead atoms. The van der Waals surface area contributed by atoms with Gasteiger partial charge in [-0.15, -0.1) is 0 Å². The molecule has 0 radical (unpaired) electrons. The first-order valence-corrected chi connectivity index (χ1v) is 12.3. The van der Waals surface area contributed by atoms with Crippen LogP contribution in [-0.2, 0) is 22.6 Å². The van der Waals surface area contributed by atoms with E-state index in [0.29, 0.717) is 28.1 Å². The van der Waals surface area contributed by atoms with Crippen molar-refractivity contribution in [2.24, 2.45) is 4.99 Å². The van der Waals surface area contributed by atoms with Crippen LogP contribution in [0.4, 0.5) is 5.69 Å². The predicted octanol–water partition coefficient (Wildman–Crippen LogP) is 3.51. The van der Waals surface area contributed by atoms with Gasteiger partial charge in [-0.3, -0.25) is 9.55 Å². The molecule has 1 saturated heterocycles. The Labute approximate surface area is 221 Å². The minimum atomic E-state index is -0.780. The summed E-state index contributed by atoms with van der Waals surface area (Å²) in [5.74, 6) is 0.710. The normalized spacial score (nSPS) is 17.2. The zero-order chi connectivity index (χ0) is 26.9. The van der Waals surface area contributed by atoms with Crippen LogP contribution in [0.3, 0.4) is 0 Å². The number of aromatic amines is 1. The van der Waals surface area contributed by atoms with E-state index in [4.69, 9.17) is 30.3 Å². The molecular weight excluding hydrogens is 514 g/mol. The fourth-order valence-corrected chi connectivity index (χ4v) is 4.12. The molecule has 198 valence electrons. The number of H-pyrrole nitrogens is 1. The van der Waals surface area contributed by atoms with Crippen molar-refractivity contribution in [1.29, 1.82) is 0 Å². The third-order valence-corrected chi connectivity index (χ3v) is 6.04. The van der Waals surface area contributed by atoms with E-state index in [1.807, 2.05) is 12.1 Å². The number of nitrogens with zero attached hydrogens (tertiary/aromatic N) is 4. The highest BCUT2D eigenvalue weighted by Crippen LogP contribution is 2.24. The van der Waals surface area contributed by atoms with Crippen LogP contribution in [0.25, 0.3) is 0 Å². The topological polar surface area (TPSA) is 126 Å². The molecule has 0 spiro atoms. The Balaban J connectivity index is 1.50. The molecule has 0 aliphatic carbocycles. The molecule has 5 rings (SSSR count). The first kappa shape index (κ1) is 25.7. The number of aromatic nitrogens is 4. The van der Waals surface area contributed by atoms with Gasteiger partial charge in [0.1, 0.15) is 17.6 Å². The van der Waals surface area contributed by atoms with Gasteiger partial charge in [0.2, 0.25) is 5.62 Å². The van der Waals surface area contributed by atoms with Crippen molar-refractivity contribution < 1.29 is 18.7 Å². The Morgan fingerprint density at radius 3 is 2.50 bits per heavy atom. The van der Waals surface area contributed by atoms with Gasteiger partial charge in [0.15, 0.2) is 5.79 Å². The Morgan fingerprint density at radius 2 is 1.87 bits per heavy atom. The van der Waals surface area contributed by atoms with Gasteiger partial charge in [-0.2, -0.15) is 0 Å². The van der Waals surface area contributed by atoms with E-state index in [0.717, 1.165) is 10.1 Å². The van der Waals surface area contributed by atoms with E-state index < -0.39 is 23.3 Å². The lowest BCUT2D eigenvalue weighted by Gasteiger charge is -2.17. The van der Waals surface area contributed by atoms with Crippen molar-refractivity contribution in [3.8, 4) is 11.6 Å². The van der Waals surface area contributed by atoms with E-state index >= 15 is 0 Å². The van der Waals surface area contributed by atoms with Crippen molar-refractivity contribution in [3.63, 3.8) is 0 Å². The molecule has 4 aromatic rings. The summed E-state index contributed by atoms with van der Waals surface area (Å²) in [7, 11) is 0. The van der Waals surface area contributed by atoms with Crippen LogP contribution < -0.4 is 21.7 Å². The van der Waals surface area contributed by atoms with Gasteiger partial charge in [0, 0.05) is 11.1 Å². The molecule has 0 amide bonds. The maximum atomic E-state index is 13.6. The second-order valence-corrected chi connectivity index (χ2v) is 9.73. The summed E-state index contributed by atoms with van der Waals surface area (Å²) in [6, 6.07) is 15.6. The molecule has 0 unspecified atom stereocenters. The zero-order valence-corrected chi connectivity index (χ0v) is 21.8. The van der Waals surface area contributed by atoms with Crippen LogP contribution in [-0.4, -0.2) is 37.8 Å². The molecule has 12 heteroatoms. The van der Waals surface area contributed by atoms with E-state index in [2.05, 4.69) is 15.1 Å². The van der Waals surface area contributed by atoms with Crippen LogP contribution >= 0.6 is 11.6 Å². The molecule has 2 aromatic carbocycles. The maximum Gasteiger partial charge on any atom is 0.335 e. The summed E-state index contributed by atoms with van der Waals surface area (Å²) >= 11 is 6.03. The SMILES string of the molecule is Cc1cc(Oc2ccc(/N=c3\[nH]c(=O)n(C[C@@H]4COC(C)(C)O4)c(=O)n3Cc3ccc(Cl)cc3)cc2)no1. The molecule has 1 atom stereocenters. The lowest BCUT2D eigenvalue weighted by molar-refractivity contribution is -0.139. The van der Waals surface area contributed by atoms with Crippen LogP contribution in [0.5, 0.6) is 11.6 Å². The summed E-state index contributed by atoms with van der Waals surface area (Å²) in [6.45, 7) is 5.80. The van der Waals surface area contributed by atoms with Gasteiger partial charge in [-0.05, 0) is 67.9 Å². The van der Waals surface area contributed by atoms with Crippen LogP contribution in [0.1, 0.15) is 25.2 Å². The van der Waals surface area contributed by atoms with Gasteiger partial charge in [-0.25, -0.2) is 19.1 Å². The summed E-state index contributed by atoms with van der Waals surface area (Å²) in [6.07, 6.45) is -0.448. The molecule has 1 fully saturated rings. The standard InChI is InChI=1S/C26H26ClN5O6/c1-16-12-22(30-38-16)36-20-10-8-19(9-11-20)28-23-29-24(33)32(14-21-15-35-26(2,3)37-21)25(34)31(23)13-17-4-6-18(27)7-5-17/h4-12,21H,13-15H2,1-3H3,(H,28,29,33)/t21-/m1/s1. The Kier molecular flexibility index (Phi) is 7.06. The zero-order valence-electron chi connectivity index (χ0n) is 21.0. The number of halogens is 1. The van der Waals surface area contributed by atoms with E-state index in [1.54, 1.807) is 63.2 Å². The number of ether oxygens (including phenoxy) is 3. The number of benzene rings is 2. The number of nitrogens with one attached hydrogen (secondary N) is 1. The summed E-state index contributed by atoms with van der Waals surface area (Å²) in [5, 5.41) is 4.38. The van der Waals surface area contributed by atoms with Crippen LogP contribution in [0.15, 0.2) is 73.7 Å². The molecule has 38 heavy (non-hydrogen) atoms. The number of hydrogen-bond donors (Lipinski definition) is 1. The van der Waals surface area contributed by atoms with Gasteiger partial charge in [-0.1, -0.05) is 23.7 Å². The number of hydrogen-bond acceptors (Lipinski definition) is 8. The van der Waals surface area contributed by atoms with Crippen molar-refractivity contribution >= 4 is 17.3 Å². The molecule has 1 N–H and O–H groups in total. The largest absolute Gasteiger partial charge is 0.436 e. The highest BCUT2D eigenvalue weighted by molar-refractivity contribution is 6.30. The van der Waals surface area contributed by atoms with Gasteiger partial charge >= 0.3 is 11.4 Å². The van der Waals surface area contributed by atoms with Crippen molar-refractivity contribution in [3.05, 3.63) is 97.5 Å². The second-order valence-electron chi connectivity index (χ2n) is 9.29. The average molecular weight is 540 g/mol. The molecular formula is C26H26ClN5O6. The van der Waals surface area contributed by atoms with Crippen LogP contribution in [0, 0.1) is 6.92 Å². The first-order valence-electron chi connectivity index (χ1n) is 11.9. The summed E-state index contributed by atoms with van der Waals surface area (Å²) in [4.78, 5) is 33.9. The molecule has 3 heterocycles. The van der Waals surface area contributed by atoms with Crippen molar-refractivity contribution in [2.75, 3.05) is 6.61 Å². The minimum absolute atomic E-state index is 0.0338. The first-order chi connectivity index (χ1) is 18.1. The lowest BCUT2D eigenvalue weighted by Crippen LogP contribution is -2.51. The van der Waals surface area contributed by atoms with E-state index in [-0.39, 0.29) is 25.3 Å². The van der Waals surface area contributed by atoms with Gasteiger partial charge in [0.25, 0.3) is 5.88 Å². The maximum absolute atomic E-state index is 13.6. The third-order valence-electron chi connectivity index (χ3n) is 5.79. The van der Waals surface area contributed by atoms with Crippen molar-refractivity contribution in [2.45, 2.75) is 45.8 Å². The highest BCUT2D eigenvalue weighted by Gasteiger charge is 2.33. The van der Waals surface area contributed by atoms with E-state index in [9.17, 15) is 9.59 Å². The monoisotopic (exact) mass is 539 g/mol. The summed E-state index contributed by atoms with van der Waals surface area (Å²) in [5.41, 5.74) is 0.268. The molecule has 1 aliphatic rings. The smallest absolute Gasteiger partial charge is 0.335 e. The number of aryl methyl sites for hydroxylation is 1. The highest BCUT2D eigenvalue weighted by atomic mass is 35.5. The Hall–Kier alpha value is -3.93. The van der Waals surface area contributed by atoms with Crippen molar-refractivity contribution in [1.82, 2.24) is 19.3 Å². The number of rotatable bonds is 7. The van der Waals surface area contributed by atoms with Crippen LogP contribution in [0.2, 0.25) is 5.02 Å². The average Bonchev–Trinajstić information content (AvgIpc) is 3.45. The van der Waals surface area contributed by atoms with Gasteiger partial charge < -0.3 is 18.7 Å².